The van der Waals surface area contributed by atoms with E-state index in [0.29, 0.717) is 34.2 Å². The van der Waals surface area contributed by atoms with Crippen molar-refractivity contribution in [2.24, 2.45) is 0 Å². The Balaban J connectivity index is 2.48. The molecule has 0 radical (unpaired) electrons. The van der Waals surface area contributed by atoms with Gasteiger partial charge in [0.1, 0.15) is 5.75 Å². The van der Waals surface area contributed by atoms with Gasteiger partial charge in [-0.1, -0.05) is 30.7 Å². The smallest absolute Gasteiger partial charge is 0.336 e. The summed E-state index contributed by atoms with van der Waals surface area (Å²) >= 11 is 6.03. The van der Waals surface area contributed by atoms with Crippen LogP contribution in [0.2, 0.25) is 5.02 Å². The maximum atomic E-state index is 11.6. The van der Waals surface area contributed by atoms with E-state index in [1.54, 1.807) is 48.5 Å². The van der Waals surface area contributed by atoms with E-state index >= 15 is 0 Å². The Bertz CT molecular complexity index is 724. The fourth-order valence-corrected chi connectivity index (χ4v) is 2.24. The van der Waals surface area contributed by atoms with Gasteiger partial charge in [-0.15, -0.1) is 0 Å². The number of benzene rings is 2. The summed E-state index contributed by atoms with van der Waals surface area (Å²) in [6.07, 6.45) is 2.42. The first-order valence-electron chi connectivity index (χ1n) is 7.24. The lowest BCUT2D eigenvalue weighted by atomic mass is 10.0. The van der Waals surface area contributed by atoms with E-state index in [2.05, 4.69) is 0 Å². The number of carboxylic acids is 1. The van der Waals surface area contributed by atoms with Gasteiger partial charge in [0.05, 0.1) is 12.2 Å². The van der Waals surface area contributed by atoms with Gasteiger partial charge in [0.2, 0.25) is 0 Å². The van der Waals surface area contributed by atoms with Crippen molar-refractivity contribution < 1.29 is 14.6 Å². The quantitative estimate of drug-likeness (QED) is 0.469. The second-order valence-corrected chi connectivity index (χ2v) is 5.45. The largest absolute Gasteiger partial charge is 0.493 e. The first-order chi connectivity index (χ1) is 11.0. The zero-order chi connectivity index (χ0) is 16.8. The molecule has 5 heteroatoms. The molecule has 0 aromatic heterocycles. The Hall–Kier alpha value is -2.46. The van der Waals surface area contributed by atoms with Crippen molar-refractivity contribution in [3.63, 3.8) is 0 Å². The zero-order valence-corrected chi connectivity index (χ0v) is 13.5. The van der Waals surface area contributed by atoms with Crippen LogP contribution >= 0.6 is 11.6 Å². The van der Waals surface area contributed by atoms with Gasteiger partial charge in [0.15, 0.2) is 0 Å². The van der Waals surface area contributed by atoms with E-state index in [4.69, 9.17) is 22.1 Å². The number of halogens is 1. The molecule has 0 saturated heterocycles. The van der Waals surface area contributed by atoms with Crippen molar-refractivity contribution in [1.29, 1.82) is 0 Å². The van der Waals surface area contributed by atoms with Crippen LogP contribution in [-0.2, 0) is 4.79 Å². The van der Waals surface area contributed by atoms with Gasteiger partial charge >= 0.3 is 5.97 Å². The predicted molar refractivity (Wildman–Crippen MR) is 93.6 cm³/mol. The third kappa shape index (κ3) is 4.50. The minimum Gasteiger partial charge on any atom is -0.493 e. The highest BCUT2D eigenvalue weighted by molar-refractivity contribution is 6.31. The van der Waals surface area contributed by atoms with Crippen LogP contribution in [0.25, 0.3) is 11.6 Å². The molecule has 0 aliphatic rings. The van der Waals surface area contributed by atoms with Crippen molar-refractivity contribution in [2.45, 2.75) is 13.3 Å². The molecule has 0 atom stereocenters. The van der Waals surface area contributed by atoms with Gasteiger partial charge in [-0.3, -0.25) is 0 Å². The Morgan fingerprint density at radius 2 is 1.96 bits per heavy atom. The molecule has 0 fully saturated rings. The van der Waals surface area contributed by atoms with Crippen LogP contribution in [0.15, 0.2) is 42.5 Å². The van der Waals surface area contributed by atoms with Crippen LogP contribution < -0.4 is 10.5 Å². The van der Waals surface area contributed by atoms with Gasteiger partial charge in [-0.2, -0.15) is 0 Å². The molecule has 0 heterocycles. The maximum absolute atomic E-state index is 11.6. The molecule has 0 saturated carbocycles. The fourth-order valence-electron chi connectivity index (χ4n) is 2.06. The van der Waals surface area contributed by atoms with Crippen LogP contribution in [0, 0.1) is 0 Å². The number of hydrogen-bond acceptors (Lipinski definition) is 3. The third-order valence-electron chi connectivity index (χ3n) is 3.19. The highest BCUT2D eigenvalue weighted by atomic mass is 35.5. The molecule has 0 aliphatic heterocycles. The normalized spacial score (nSPS) is 11.3. The summed E-state index contributed by atoms with van der Waals surface area (Å²) in [6, 6.07) is 11.8. The molecule has 23 heavy (non-hydrogen) atoms. The van der Waals surface area contributed by atoms with E-state index in [9.17, 15) is 9.90 Å². The van der Waals surface area contributed by atoms with Crippen molar-refractivity contribution in [3.8, 4) is 5.75 Å². The summed E-state index contributed by atoms with van der Waals surface area (Å²) < 4.78 is 5.66. The Morgan fingerprint density at radius 3 is 2.57 bits per heavy atom. The standard InChI is InChI=1S/C18H18ClNO3/c1-2-9-23-17-8-5-14(19)10-13(17)11-16(18(21)22)12-3-6-15(20)7-4-12/h3-8,10-11H,2,9,20H2,1H3,(H,21,22)/b16-11-. The molecule has 2 aromatic rings. The van der Waals surface area contributed by atoms with Crippen molar-refractivity contribution in [2.75, 3.05) is 12.3 Å². The monoisotopic (exact) mass is 331 g/mol. The number of carbonyl (C=O) groups is 1. The Labute approximate surface area is 140 Å². The summed E-state index contributed by atoms with van der Waals surface area (Å²) in [5.41, 5.74) is 7.56. The maximum Gasteiger partial charge on any atom is 0.336 e. The molecule has 0 unspecified atom stereocenters. The average molecular weight is 332 g/mol. The van der Waals surface area contributed by atoms with Gasteiger partial charge in [-0.05, 0) is 48.4 Å². The van der Waals surface area contributed by atoms with Gasteiger partial charge in [-0.25, -0.2) is 4.79 Å². The minimum atomic E-state index is -1.03. The molecule has 2 aromatic carbocycles. The number of aliphatic carboxylic acids is 1. The van der Waals surface area contributed by atoms with E-state index in [1.165, 1.54) is 0 Å². The molecule has 3 N–H and O–H groups in total. The third-order valence-corrected chi connectivity index (χ3v) is 3.42. The number of ether oxygens (including phenoxy) is 1. The second kappa shape index (κ2) is 7.70. The first kappa shape index (κ1) is 16.9. The van der Waals surface area contributed by atoms with Crippen LogP contribution in [0.5, 0.6) is 5.75 Å². The molecule has 120 valence electrons. The van der Waals surface area contributed by atoms with Crippen molar-refractivity contribution in [3.05, 3.63) is 58.6 Å². The van der Waals surface area contributed by atoms with E-state index in [-0.39, 0.29) is 5.57 Å². The number of nitrogen functional groups attached to an aromatic ring is 1. The van der Waals surface area contributed by atoms with Gasteiger partial charge in [0.25, 0.3) is 0 Å². The van der Waals surface area contributed by atoms with Gasteiger partial charge < -0.3 is 15.6 Å². The average Bonchev–Trinajstić information content (AvgIpc) is 2.52. The number of carboxylic acid groups (broad SMARTS) is 1. The minimum absolute atomic E-state index is 0.147. The molecule has 0 bridgehead atoms. The first-order valence-corrected chi connectivity index (χ1v) is 7.62. The molecular weight excluding hydrogens is 314 g/mol. The van der Waals surface area contributed by atoms with Crippen LogP contribution in [0.3, 0.4) is 0 Å². The zero-order valence-electron chi connectivity index (χ0n) is 12.8. The highest BCUT2D eigenvalue weighted by Crippen LogP contribution is 2.28. The second-order valence-electron chi connectivity index (χ2n) is 5.02. The Kier molecular flexibility index (Phi) is 5.66. The lowest BCUT2D eigenvalue weighted by Crippen LogP contribution is -2.01. The van der Waals surface area contributed by atoms with Crippen molar-refractivity contribution in [1.82, 2.24) is 0 Å². The van der Waals surface area contributed by atoms with E-state index in [1.807, 2.05) is 6.92 Å². The SMILES string of the molecule is CCCOc1ccc(Cl)cc1/C=C(\C(=O)O)c1ccc(N)cc1. The van der Waals surface area contributed by atoms with E-state index < -0.39 is 5.97 Å². The number of anilines is 1. The molecule has 4 nitrogen and oxygen atoms in total. The van der Waals surface area contributed by atoms with Crippen LogP contribution in [-0.4, -0.2) is 17.7 Å². The molecule has 0 amide bonds. The molecule has 2 rings (SSSR count). The fraction of sp³-hybridized carbons (Fsp3) is 0.167. The topological polar surface area (TPSA) is 72.5 Å². The summed E-state index contributed by atoms with van der Waals surface area (Å²) in [5, 5.41) is 10.0. The lowest BCUT2D eigenvalue weighted by Gasteiger charge is -2.10. The predicted octanol–water partition coefficient (Wildman–Crippen LogP) is 4.34. The summed E-state index contributed by atoms with van der Waals surface area (Å²) in [7, 11) is 0. The number of nitrogens with two attached hydrogens (primary N) is 1. The van der Waals surface area contributed by atoms with Crippen LogP contribution in [0.4, 0.5) is 5.69 Å². The molecular formula is C18H18ClNO3. The molecule has 0 spiro atoms. The summed E-state index contributed by atoms with van der Waals surface area (Å²) in [4.78, 5) is 11.6. The number of hydrogen-bond donors (Lipinski definition) is 2. The Morgan fingerprint density at radius 1 is 1.26 bits per heavy atom. The van der Waals surface area contributed by atoms with E-state index in [0.717, 1.165) is 6.42 Å². The molecule has 0 aliphatic carbocycles. The number of rotatable bonds is 6. The summed E-state index contributed by atoms with van der Waals surface area (Å²) in [6.45, 7) is 2.55. The van der Waals surface area contributed by atoms with Crippen molar-refractivity contribution >= 4 is 34.9 Å². The van der Waals surface area contributed by atoms with Crippen LogP contribution in [0.1, 0.15) is 24.5 Å². The summed E-state index contributed by atoms with van der Waals surface area (Å²) in [5.74, 6) is -0.429. The lowest BCUT2D eigenvalue weighted by molar-refractivity contribution is -0.130. The van der Waals surface area contributed by atoms with Gasteiger partial charge in [0, 0.05) is 16.3 Å². The highest BCUT2D eigenvalue weighted by Gasteiger charge is 2.12.